The van der Waals surface area contributed by atoms with Crippen LogP contribution in [0.15, 0.2) is 15.9 Å². The normalized spacial score (nSPS) is 10.8. The van der Waals surface area contributed by atoms with Crippen LogP contribution in [0.5, 0.6) is 0 Å². The number of aryl methyl sites for hydroxylation is 1. The Hall–Kier alpha value is -1.40. The lowest BCUT2D eigenvalue weighted by atomic mass is 10.3. The molecule has 0 fully saturated rings. The molecule has 0 saturated heterocycles. The molecule has 0 aliphatic rings. The van der Waals surface area contributed by atoms with Crippen molar-refractivity contribution in [2.24, 2.45) is 0 Å². The van der Waals surface area contributed by atoms with E-state index < -0.39 is 0 Å². The SMILES string of the molecule is CCCNCc1nnc(NCc2sccc2C)o1. The molecule has 0 spiro atoms. The zero-order valence-electron chi connectivity index (χ0n) is 10.7. The van der Waals surface area contributed by atoms with E-state index in [-0.39, 0.29) is 0 Å². The lowest BCUT2D eigenvalue weighted by Gasteiger charge is -2.00. The topological polar surface area (TPSA) is 63.0 Å². The Labute approximate surface area is 111 Å². The van der Waals surface area contributed by atoms with Gasteiger partial charge in [-0.25, -0.2) is 0 Å². The Balaban J connectivity index is 1.81. The number of aromatic nitrogens is 2. The third kappa shape index (κ3) is 3.54. The van der Waals surface area contributed by atoms with Gasteiger partial charge in [0, 0.05) is 4.88 Å². The van der Waals surface area contributed by atoms with Crippen LogP contribution in [0.4, 0.5) is 6.01 Å². The zero-order chi connectivity index (χ0) is 12.8. The summed E-state index contributed by atoms with van der Waals surface area (Å²) < 4.78 is 5.48. The van der Waals surface area contributed by atoms with Crippen LogP contribution in [0, 0.1) is 6.92 Å². The highest BCUT2D eigenvalue weighted by Gasteiger charge is 2.06. The first kappa shape index (κ1) is 13.0. The van der Waals surface area contributed by atoms with Crippen molar-refractivity contribution in [2.45, 2.75) is 33.4 Å². The van der Waals surface area contributed by atoms with E-state index in [1.54, 1.807) is 11.3 Å². The third-order valence-corrected chi connectivity index (χ3v) is 3.56. The van der Waals surface area contributed by atoms with Crippen LogP contribution in [0.25, 0.3) is 0 Å². The van der Waals surface area contributed by atoms with Crippen LogP contribution in [0.3, 0.4) is 0 Å². The van der Waals surface area contributed by atoms with E-state index in [9.17, 15) is 0 Å². The van der Waals surface area contributed by atoms with E-state index in [2.05, 4.69) is 46.1 Å². The second-order valence-electron chi connectivity index (χ2n) is 4.06. The lowest BCUT2D eigenvalue weighted by molar-refractivity contribution is 0.477. The number of anilines is 1. The van der Waals surface area contributed by atoms with Gasteiger partial charge in [0.05, 0.1) is 13.1 Å². The maximum atomic E-state index is 5.48. The first-order valence-electron chi connectivity index (χ1n) is 6.09. The number of rotatable bonds is 7. The minimum atomic E-state index is 0.482. The van der Waals surface area contributed by atoms with Crippen molar-refractivity contribution in [1.82, 2.24) is 15.5 Å². The number of nitrogens with one attached hydrogen (secondary N) is 2. The van der Waals surface area contributed by atoms with Crippen molar-refractivity contribution in [3.63, 3.8) is 0 Å². The van der Waals surface area contributed by atoms with E-state index in [1.807, 2.05) is 0 Å². The average Bonchev–Trinajstić information content (AvgIpc) is 2.96. The first-order valence-corrected chi connectivity index (χ1v) is 6.97. The van der Waals surface area contributed by atoms with E-state index >= 15 is 0 Å². The molecule has 0 radical (unpaired) electrons. The molecule has 0 bridgehead atoms. The summed E-state index contributed by atoms with van der Waals surface area (Å²) in [6.45, 7) is 6.53. The van der Waals surface area contributed by atoms with Crippen LogP contribution in [-0.2, 0) is 13.1 Å². The van der Waals surface area contributed by atoms with E-state index in [4.69, 9.17) is 4.42 Å². The van der Waals surface area contributed by atoms with Crippen molar-refractivity contribution < 1.29 is 4.42 Å². The molecule has 0 aromatic carbocycles. The molecule has 18 heavy (non-hydrogen) atoms. The van der Waals surface area contributed by atoms with Gasteiger partial charge in [-0.1, -0.05) is 12.0 Å². The molecule has 0 saturated carbocycles. The molecule has 5 nitrogen and oxygen atoms in total. The summed E-state index contributed by atoms with van der Waals surface area (Å²) in [5, 5.41) is 16.4. The molecular weight excluding hydrogens is 248 g/mol. The van der Waals surface area contributed by atoms with Crippen molar-refractivity contribution in [2.75, 3.05) is 11.9 Å². The quantitative estimate of drug-likeness (QED) is 0.754. The van der Waals surface area contributed by atoms with Gasteiger partial charge in [-0.3, -0.25) is 0 Å². The maximum Gasteiger partial charge on any atom is 0.315 e. The predicted octanol–water partition coefficient (Wildman–Crippen LogP) is 2.55. The summed E-state index contributed by atoms with van der Waals surface area (Å²) in [4.78, 5) is 1.29. The van der Waals surface area contributed by atoms with Crippen molar-refractivity contribution in [3.8, 4) is 0 Å². The molecule has 0 unspecified atom stereocenters. The number of thiophene rings is 1. The molecule has 6 heteroatoms. The van der Waals surface area contributed by atoms with Crippen LogP contribution in [0.2, 0.25) is 0 Å². The Kier molecular flexibility index (Phi) is 4.72. The zero-order valence-corrected chi connectivity index (χ0v) is 11.5. The fourth-order valence-corrected chi connectivity index (χ4v) is 2.36. The molecule has 0 aliphatic heterocycles. The highest BCUT2D eigenvalue weighted by Crippen LogP contribution is 2.17. The molecule has 2 rings (SSSR count). The van der Waals surface area contributed by atoms with Crippen molar-refractivity contribution in [3.05, 3.63) is 27.8 Å². The lowest BCUT2D eigenvalue weighted by Crippen LogP contribution is -2.13. The van der Waals surface area contributed by atoms with Crippen LogP contribution < -0.4 is 10.6 Å². The molecule has 98 valence electrons. The average molecular weight is 266 g/mol. The highest BCUT2D eigenvalue weighted by atomic mass is 32.1. The summed E-state index contributed by atoms with van der Waals surface area (Å²) in [7, 11) is 0. The van der Waals surface area contributed by atoms with E-state index in [0.29, 0.717) is 18.5 Å². The van der Waals surface area contributed by atoms with Crippen molar-refractivity contribution in [1.29, 1.82) is 0 Å². The van der Waals surface area contributed by atoms with Gasteiger partial charge in [0.1, 0.15) is 0 Å². The molecule has 0 aliphatic carbocycles. The van der Waals surface area contributed by atoms with Gasteiger partial charge in [-0.05, 0) is 36.9 Å². The predicted molar refractivity (Wildman–Crippen MR) is 72.7 cm³/mol. The van der Waals surface area contributed by atoms with Gasteiger partial charge >= 0.3 is 6.01 Å². The van der Waals surface area contributed by atoms with Crippen LogP contribution in [-0.4, -0.2) is 16.7 Å². The smallest absolute Gasteiger partial charge is 0.315 e. The summed E-state index contributed by atoms with van der Waals surface area (Å²) in [6, 6.07) is 2.59. The van der Waals surface area contributed by atoms with Gasteiger partial charge in [0.2, 0.25) is 5.89 Å². The van der Waals surface area contributed by atoms with E-state index in [1.165, 1.54) is 10.4 Å². The summed E-state index contributed by atoms with van der Waals surface area (Å²) in [5.41, 5.74) is 1.29. The fraction of sp³-hybridized carbons (Fsp3) is 0.500. The second-order valence-corrected chi connectivity index (χ2v) is 5.06. The number of hydrogen-bond donors (Lipinski definition) is 2. The van der Waals surface area contributed by atoms with Gasteiger partial charge in [0.15, 0.2) is 0 Å². The minimum Gasteiger partial charge on any atom is -0.407 e. The first-order chi connectivity index (χ1) is 8.79. The standard InChI is InChI=1S/C12H18N4OS/c1-3-5-13-8-11-15-16-12(17-11)14-7-10-9(2)4-6-18-10/h4,6,13H,3,5,7-8H2,1-2H3,(H,14,16). The Bertz CT molecular complexity index is 480. The minimum absolute atomic E-state index is 0.482. The van der Waals surface area contributed by atoms with Crippen LogP contribution in [0.1, 0.15) is 29.7 Å². The second kappa shape index (κ2) is 6.51. The maximum absolute atomic E-state index is 5.48. The fourth-order valence-electron chi connectivity index (χ4n) is 1.51. The molecule has 2 aromatic heterocycles. The van der Waals surface area contributed by atoms with Gasteiger partial charge in [0.25, 0.3) is 0 Å². The molecular formula is C12H18N4OS. The molecule has 0 amide bonds. The molecule has 2 heterocycles. The summed E-state index contributed by atoms with van der Waals surface area (Å²) in [5.74, 6) is 0.619. The number of hydrogen-bond acceptors (Lipinski definition) is 6. The van der Waals surface area contributed by atoms with Gasteiger partial charge < -0.3 is 15.1 Å². The van der Waals surface area contributed by atoms with Gasteiger partial charge in [-0.2, -0.15) is 0 Å². The Morgan fingerprint density at radius 3 is 2.94 bits per heavy atom. The summed E-state index contributed by atoms with van der Waals surface area (Å²) in [6.07, 6.45) is 1.09. The number of nitrogens with zero attached hydrogens (tertiary/aromatic N) is 2. The Morgan fingerprint density at radius 2 is 2.22 bits per heavy atom. The summed E-state index contributed by atoms with van der Waals surface area (Å²) >= 11 is 1.73. The highest BCUT2D eigenvalue weighted by molar-refractivity contribution is 7.10. The molecule has 2 aromatic rings. The molecule has 0 atom stereocenters. The monoisotopic (exact) mass is 266 g/mol. The third-order valence-electron chi connectivity index (χ3n) is 2.54. The van der Waals surface area contributed by atoms with Crippen LogP contribution >= 0.6 is 11.3 Å². The largest absolute Gasteiger partial charge is 0.407 e. The van der Waals surface area contributed by atoms with E-state index in [0.717, 1.165) is 19.5 Å². The Morgan fingerprint density at radius 1 is 1.33 bits per heavy atom. The molecule has 2 N–H and O–H groups in total. The van der Waals surface area contributed by atoms with Gasteiger partial charge in [-0.15, -0.1) is 16.4 Å². The van der Waals surface area contributed by atoms with Crippen molar-refractivity contribution >= 4 is 17.4 Å².